The molecule has 5 heteroatoms. The number of halogens is 1. The third kappa shape index (κ3) is 4.28. The maximum Gasteiger partial charge on any atom is 0.317 e. The number of carboxylic acids is 1. The van der Waals surface area contributed by atoms with Crippen molar-refractivity contribution in [3.8, 4) is 0 Å². The molecule has 1 aromatic rings. The Kier molecular flexibility index (Phi) is 5.09. The van der Waals surface area contributed by atoms with E-state index < -0.39 is 5.97 Å². The smallest absolute Gasteiger partial charge is 0.317 e. The van der Waals surface area contributed by atoms with Gasteiger partial charge in [-0.1, -0.05) is 6.07 Å². The van der Waals surface area contributed by atoms with E-state index in [1.54, 1.807) is 6.07 Å². The van der Waals surface area contributed by atoms with Crippen LogP contribution in [0.25, 0.3) is 0 Å². The SMILES string of the molecule is Cc1cc(F)ccc1CN1CCCN(CC(=O)O)CC1. The van der Waals surface area contributed by atoms with Crippen molar-refractivity contribution in [1.82, 2.24) is 9.80 Å². The van der Waals surface area contributed by atoms with Gasteiger partial charge in [0.15, 0.2) is 0 Å². The van der Waals surface area contributed by atoms with Gasteiger partial charge in [0.1, 0.15) is 5.82 Å². The van der Waals surface area contributed by atoms with Gasteiger partial charge in [0, 0.05) is 26.2 Å². The molecule has 0 unspecified atom stereocenters. The zero-order valence-corrected chi connectivity index (χ0v) is 11.8. The monoisotopic (exact) mass is 280 g/mol. The van der Waals surface area contributed by atoms with E-state index in [0.29, 0.717) is 0 Å². The zero-order valence-electron chi connectivity index (χ0n) is 11.8. The molecule has 2 rings (SSSR count). The molecular formula is C15H21FN2O2. The third-order valence-electron chi connectivity index (χ3n) is 3.74. The van der Waals surface area contributed by atoms with Crippen LogP contribution in [0.2, 0.25) is 0 Å². The number of rotatable bonds is 4. The van der Waals surface area contributed by atoms with Crippen molar-refractivity contribution in [2.45, 2.75) is 19.9 Å². The summed E-state index contributed by atoms with van der Waals surface area (Å²) >= 11 is 0. The molecule has 0 spiro atoms. The fraction of sp³-hybridized carbons (Fsp3) is 0.533. The Morgan fingerprint density at radius 2 is 1.95 bits per heavy atom. The van der Waals surface area contributed by atoms with Gasteiger partial charge in [-0.05, 0) is 43.1 Å². The van der Waals surface area contributed by atoms with Crippen LogP contribution in [0.5, 0.6) is 0 Å². The number of carboxylic acid groups (broad SMARTS) is 1. The van der Waals surface area contributed by atoms with E-state index in [1.807, 2.05) is 17.9 Å². The standard InChI is InChI=1S/C15H21FN2O2/c1-12-9-14(16)4-3-13(12)10-17-5-2-6-18(8-7-17)11-15(19)20/h3-4,9H,2,5-8,10-11H2,1H3,(H,19,20). The maximum atomic E-state index is 13.1. The summed E-state index contributed by atoms with van der Waals surface area (Å²) in [4.78, 5) is 15.0. The second-order valence-electron chi connectivity index (χ2n) is 5.37. The number of benzene rings is 1. The predicted molar refractivity (Wildman–Crippen MR) is 75.1 cm³/mol. The van der Waals surface area contributed by atoms with E-state index in [1.165, 1.54) is 6.07 Å². The van der Waals surface area contributed by atoms with Crippen molar-refractivity contribution in [2.24, 2.45) is 0 Å². The van der Waals surface area contributed by atoms with E-state index in [2.05, 4.69) is 4.90 Å². The normalized spacial score (nSPS) is 17.9. The molecule has 0 aromatic heterocycles. The van der Waals surface area contributed by atoms with Gasteiger partial charge < -0.3 is 5.11 Å². The van der Waals surface area contributed by atoms with Crippen molar-refractivity contribution < 1.29 is 14.3 Å². The van der Waals surface area contributed by atoms with E-state index in [9.17, 15) is 9.18 Å². The highest BCUT2D eigenvalue weighted by atomic mass is 19.1. The predicted octanol–water partition coefficient (Wildman–Crippen LogP) is 1.73. The highest BCUT2D eigenvalue weighted by Gasteiger charge is 2.17. The summed E-state index contributed by atoms with van der Waals surface area (Å²) in [5.74, 6) is -0.970. The first kappa shape index (κ1) is 14.9. The summed E-state index contributed by atoms with van der Waals surface area (Å²) in [6, 6.07) is 4.89. The lowest BCUT2D eigenvalue weighted by Gasteiger charge is -2.21. The van der Waals surface area contributed by atoms with Gasteiger partial charge >= 0.3 is 5.97 Å². The van der Waals surface area contributed by atoms with Gasteiger partial charge in [-0.2, -0.15) is 0 Å². The van der Waals surface area contributed by atoms with Crippen LogP contribution in [0.4, 0.5) is 4.39 Å². The fourth-order valence-corrected chi connectivity index (χ4v) is 2.61. The summed E-state index contributed by atoms with van der Waals surface area (Å²) < 4.78 is 13.1. The van der Waals surface area contributed by atoms with E-state index in [4.69, 9.17) is 5.11 Å². The average molecular weight is 280 g/mol. The molecule has 1 N–H and O–H groups in total. The van der Waals surface area contributed by atoms with Crippen molar-refractivity contribution in [3.05, 3.63) is 35.1 Å². The van der Waals surface area contributed by atoms with Gasteiger partial charge in [0.05, 0.1) is 6.54 Å². The van der Waals surface area contributed by atoms with Crippen LogP contribution in [0, 0.1) is 12.7 Å². The van der Waals surface area contributed by atoms with Crippen molar-refractivity contribution in [1.29, 1.82) is 0 Å². The fourth-order valence-electron chi connectivity index (χ4n) is 2.61. The molecule has 1 fully saturated rings. The van der Waals surface area contributed by atoms with Crippen LogP contribution in [0.1, 0.15) is 17.5 Å². The summed E-state index contributed by atoms with van der Waals surface area (Å²) in [5, 5.41) is 8.83. The third-order valence-corrected chi connectivity index (χ3v) is 3.74. The van der Waals surface area contributed by atoms with Gasteiger partial charge in [-0.15, -0.1) is 0 Å². The quantitative estimate of drug-likeness (QED) is 0.912. The summed E-state index contributed by atoms with van der Waals surface area (Å²) in [6.45, 7) is 6.23. The van der Waals surface area contributed by atoms with Crippen LogP contribution in [-0.2, 0) is 11.3 Å². The summed E-state index contributed by atoms with van der Waals surface area (Å²) in [5.41, 5.74) is 2.11. The molecule has 0 radical (unpaired) electrons. The summed E-state index contributed by atoms with van der Waals surface area (Å²) in [7, 11) is 0. The molecule has 0 aliphatic carbocycles. The molecule has 20 heavy (non-hydrogen) atoms. The van der Waals surface area contributed by atoms with E-state index in [-0.39, 0.29) is 12.4 Å². The lowest BCUT2D eigenvalue weighted by molar-refractivity contribution is -0.138. The van der Waals surface area contributed by atoms with Crippen molar-refractivity contribution >= 4 is 5.97 Å². The molecule has 1 aliphatic rings. The maximum absolute atomic E-state index is 13.1. The Morgan fingerprint density at radius 3 is 2.65 bits per heavy atom. The van der Waals surface area contributed by atoms with Crippen molar-refractivity contribution in [2.75, 3.05) is 32.7 Å². The average Bonchev–Trinajstić information content (AvgIpc) is 2.58. The van der Waals surface area contributed by atoms with Gasteiger partial charge in [-0.25, -0.2) is 4.39 Å². The minimum absolute atomic E-state index is 0.115. The van der Waals surface area contributed by atoms with Gasteiger partial charge in [-0.3, -0.25) is 14.6 Å². The van der Waals surface area contributed by atoms with Crippen LogP contribution < -0.4 is 0 Å². The first-order chi connectivity index (χ1) is 9.54. The van der Waals surface area contributed by atoms with Gasteiger partial charge in [0.25, 0.3) is 0 Å². The largest absolute Gasteiger partial charge is 0.480 e. The Bertz CT molecular complexity index is 479. The zero-order chi connectivity index (χ0) is 14.5. The Hall–Kier alpha value is -1.46. The second-order valence-corrected chi connectivity index (χ2v) is 5.37. The Morgan fingerprint density at radius 1 is 1.25 bits per heavy atom. The number of aliphatic carboxylic acids is 1. The molecule has 4 nitrogen and oxygen atoms in total. The second kappa shape index (κ2) is 6.81. The highest BCUT2D eigenvalue weighted by Crippen LogP contribution is 2.14. The van der Waals surface area contributed by atoms with Crippen LogP contribution in [-0.4, -0.2) is 53.6 Å². The Labute approximate surface area is 118 Å². The number of nitrogens with zero attached hydrogens (tertiary/aromatic N) is 2. The first-order valence-electron chi connectivity index (χ1n) is 6.96. The minimum atomic E-state index is -0.771. The topological polar surface area (TPSA) is 43.8 Å². The number of hydrogen-bond acceptors (Lipinski definition) is 3. The molecule has 1 aromatic carbocycles. The molecule has 0 saturated carbocycles. The minimum Gasteiger partial charge on any atom is -0.480 e. The lowest BCUT2D eigenvalue weighted by atomic mass is 10.1. The number of aryl methyl sites for hydroxylation is 1. The molecule has 110 valence electrons. The molecule has 1 heterocycles. The van der Waals surface area contributed by atoms with Crippen LogP contribution in [0.15, 0.2) is 18.2 Å². The molecule has 1 saturated heterocycles. The number of carbonyl (C=O) groups is 1. The molecule has 0 bridgehead atoms. The van der Waals surface area contributed by atoms with E-state index >= 15 is 0 Å². The first-order valence-corrected chi connectivity index (χ1v) is 6.96. The van der Waals surface area contributed by atoms with Gasteiger partial charge in [0.2, 0.25) is 0 Å². The molecule has 0 atom stereocenters. The summed E-state index contributed by atoms with van der Waals surface area (Å²) in [6.07, 6.45) is 0.966. The highest BCUT2D eigenvalue weighted by molar-refractivity contribution is 5.69. The lowest BCUT2D eigenvalue weighted by Crippen LogP contribution is -2.34. The number of hydrogen-bond donors (Lipinski definition) is 1. The molecular weight excluding hydrogens is 259 g/mol. The molecule has 0 amide bonds. The molecule has 1 aliphatic heterocycles. The van der Waals surface area contributed by atoms with Crippen LogP contribution >= 0.6 is 0 Å². The van der Waals surface area contributed by atoms with Crippen LogP contribution in [0.3, 0.4) is 0 Å². The van der Waals surface area contributed by atoms with E-state index in [0.717, 1.165) is 50.3 Å². The van der Waals surface area contributed by atoms with Crippen molar-refractivity contribution in [3.63, 3.8) is 0 Å². The Balaban J connectivity index is 1.92.